The molecule has 4 rings (SSSR count). The van der Waals surface area contributed by atoms with Crippen molar-refractivity contribution in [1.29, 1.82) is 0 Å². The average Bonchev–Trinajstić information content (AvgIpc) is 3.15. The van der Waals surface area contributed by atoms with Crippen molar-refractivity contribution in [3.8, 4) is 0 Å². The average molecular weight is 343 g/mol. The van der Waals surface area contributed by atoms with Gasteiger partial charge in [0.25, 0.3) is 5.91 Å². The Morgan fingerprint density at radius 1 is 1.46 bits per heavy atom. The van der Waals surface area contributed by atoms with Gasteiger partial charge in [0.05, 0.1) is 17.7 Å². The summed E-state index contributed by atoms with van der Waals surface area (Å²) in [5.74, 6) is 1.53. The predicted molar refractivity (Wildman–Crippen MR) is 92.3 cm³/mol. The highest BCUT2D eigenvalue weighted by molar-refractivity contribution is 6.30. The van der Waals surface area contributed by atoms with Crippen LogP contribution in [0.25, 0.3) is 0 Å². The lowest BCUT2D eigenvalue weighted by molar-refractivity contribution is 0.0949. The Morgan fingerprint density at radius 3 is 3.17 bits per heavy atom. The first-order valence-electron chi connectivity index (χ1n) is 7.65. The zero-order chi connectivity index (χ0) is 16.7. The van der Waals surface area contributed by atoms with Crippen LogP contribution in [0.1, 0.15) is 27.2 Å². The molecule has 0 unspecified atom stereocenters. The molecule has 0 saturated carbocycles. The number of amides is 1. The number of benzene rings is 1. The van der Waals surface area contributed by atoms with E-state index in [0.29, 0.717) is 40.9 Å². The third-order valence-electron chi connectivity index (χ3n) is 4.05. The number of aliphatic imine (C=N–C) groups is 2. The number of carbonyl (C=O) groups is 1. The molecule has 0 atom stereocenters. The minimum Gasteiger partial charge on any atom is -0.442 e. The lowest BCUT2D eigenvalue weighted by Crippen LogP contribution is -2.32. The van der Waals surface area contributed by atoms with Crippen LogP contribution in [0.4, 0.5) is 5.88 Å². The molecule has 1 aromatic heterocycles. The fourth-order valence-electron chi connectivity index (χ4n) is 2.94. The van der Waals surface area contributed by atoms with Crippen molar-refractivity contribution in [2.75, 3.05) is 13.1 Å². The molecular weight excluding hydrogens is 328 g/mol. The first-order valence-corrected chi connectivity index (χ1v) is 8.03. The standard InChI is InChI=1S/C17H15ClN4O2/c1-10-13(16(23)20-8-11-3-2-4-12(18)7-11)14-15-19-5-6-22(15)9-21-17(14)24-10/h2-4,7,9H,5-6,8H2,1H3,(H,20,23). The number of amidine groups is 1. The molecule has 0 radical (unpaired) electrons. The number of nitrogens with one attached hydrogen (secondary N) is 1. The highest BCUT2D eigenvalue weighted by atomic mass is 35.5. The number of halogens is 1. The number of hydrogen-bond acceptors (Lipinski definition) is 5. The molecule has 0 saturated heterocycles. The van der Waals surface area contributed by atoms with E-state index in [0.717, 1.165) is 17.9 Å². The highest BCUT2D eigenvalue weighted by Crippen LogP contribution is 2.34. The molecule has 2 aliphatic rings. The number of nitrogens with zero attached hydrogens (tertiary/aromatic N) is 3. The van der Waals surface area contributed by atoms with Crippen LogP contribution in [0.15, 0.2) is 38.7 Å². The van der Waals surface area contributed by atoms with E-state index in [9.17, 15) is 4.79 Å². The van der Waals surface area contributed by atoms with Crippen molar-refractivity contribution in [1.82, 2.24) is 10.2 Å². The van der Waals surface area contributed by atoms with Gasteiger partial charge in [0, 0.05) is 18.1 Å². The maximum Gasteiger partial charge on any atom is 0.255 e. The molecule has 0 aliphatic carbocycles. The van der Waals surface area contributed by atoms with Crippen LogP contribution in [0, 0.1) is 6.92 Å². The molecule has 2 aliphatic heterocycles. The molecule has 3 heterocycles. The number of fused-ring (bicyclic) bond motifs is 3. The fraction of sp³-hybridized carbons (Fsp3) is 0.235. The van der Waals surface area contributed by atoms with E-state index in [2.05, 4.69) is 15.3 Å². The van der Waals surface area contributed by atoms with Gasteiger partial charge in [-0.3, -0.25) is 9.79 Å². The summed E-state index contributed by atoms with van der Waals surface area (Å²) in [6.45, 7) is 3.61. The van der Waals surface area contributed by atoms with E-state index in [1.165, 1.54) is 0 Å². The van der Waals surface area contributed by atoms with Crippen molar-refractivity contribution in [2.24, 2.45) is 9.98 Å². The fourth-order valence-corrected chi connectivity index (χ4v) is 3.15. The van der Waals surface area contributed by atoms with Crippen LogP contribution in [-0.2, 0) is 6.54 Å². The summed E-state index contributed by atoms with van der Waals surface area (Å²) in [4.78, 5) is 23.4. The van der Waals surface area contributed by atoms with Crippen molar-refractivity contribution in [2.45, 2.75) is 13.5 Å². The zero-order valence-corrected chi connectivity index (χ0v) is 13.8. The molecule has 24 heavy (non-hydrogen) atoms. The van der Waals surface area contributed by atoms with Crippen LogP contribution < -0.4 is 5.32 Å². The number of hydrogen-bond donors (Lipinski definition) is 1. The van der Waals surface area contributed by atoms with Crippen LogP contribution >= 0.6 is 11.6 Å². The Kier molecular flexibility index (Phi) is 3.61. The summed E-state index contributed by atoms with van der Waals surface area (Å²) in [5, 5.41) is 3.56. The minimum absolute atomic E-state index is 0.205. The summed E-state index contributed by atoms with van der Waals surface area (Å²) in [6.07, 6.45) is 1.70. The SMILES string of the molecule is Cc1oc2c(c1C(=O)NCc1cccc(Cl)c1)C1=NCCN1C=N2. The van der Waals surface area contributed by atoms with E-state index >= 15 is 0 Å². The summed E-state index contributed by atoms with van der Waals surface area (Å²) < 4.78 is 5.65. The first kappa shape index (κ1) is 15.0. The minimum atomic E-state index is -0.205. The molecule has 1 amide bonds. The van der Waals surface area contributed by atoms with Gasteiger partial charge in [-0.1, -0.05) is 23.7 Å². The molecule has 0 bridgehead atoms. The summed E-state index contributed by atoms with van der Waals surface area (Å²) >= 11 is 5.98. The molecule has 1 N–H and O–H groups in total. The Bertz CT molecular complexity index is 885. The number of aryl methyl sites for hydroxylation is 1. The van der Waals surface area contributed by atoms with Gasteiger partial charge in [0.1, 0.15) is 17.9 Å². The lowest BCUT2D eigenvalue weighted by Gasteiger charge is -2.18. The number of furan rings is 1. The van der Waals surface area contributed by atoms with Crippen molar-refractivity contribution >= 4 is 35.6 Å². The molecule has 0 spiro atoms. The maximum absolute atomic E-state index is 12.7. The molecule has 6 nitrogen and oxygen atoms in total. The number of rotatable bonds is 3. The van der Waals surface area contributed by atoms with Crippen molar-refractivity contribution in [3.05, 3.63) is 51.7 Å². The monoisotopic (exact) mass is 342 g/mol. The number of carbonyl (C=O) groups excluding carboxylic acids is 1. The van der Waals surface area contributed by atoms with Crippen molar-refractivity contribution < 1.29 is 9.21 Å². The smallest absolute Gasteiger partial charge is 0.255 e. The Morgan fingerprint density at radius 2 is 2.33 bits per heavy atom. The molecule has 122 valence electrons. The molecule has 1 aromatic carbocycles. The third-order valence-corrected chi connectivity index (χ3v) is 4.28. The second-order valence-electron chi connectivity index (χ2n) is 5.67. The van der Waals surface area contributed by atoms with Gasteiger partial charge in [-0.2, -0.15) is 0 Å². The highest BCUT2D eigenvalue weighted by Gasteiger charge is 2.33. The molecular formula is C17H15ClN4O2. The van der Waals surface area contributed by atoms with Gasteiger partial charge in [-0.25, -0.2) is 4.99 Å². The normalized spacial score (nSPS) is 15.1. The van der Waals surface area contributed by atoms with Crippen LogP contribution in [0.2, 0.25) is 5.02 Å². The van der Waals surface area contributed by atoms with E-state index in [-0.39, 0.29) is 5.91 Å². The molecule has 2 aromatic rings. The largest absolute Gasteiger partial charge is 0.442 e. The van der Waals surface area contributed by atoms with E-state index in [1.54, 1.807) is 19.3 Å². The molecule has 0 fully saturated rings. The van der Waals surface area contributed by atoms with Gasteiger partial charge >= 0.3 is 0 Å². The topological polar surface area (TPSA) is 70.2 Å². The Hall–Kier alpha value is -2.60. The summed E-state index contributed by atoms with van der Waals surface area (Å²) in [6, 6.07) is 7.40. The zero-order valence-electron chi connectivity index (χ0n) is 13.0. The van der Waals surface area contributed by atoms with Crippen molar-refractivity contribution in [3.63, 3.8) is 0 Å². The predicted octanol–water partition coefficient (Wildman–Crippen LogP) is 2.91. The van der Waals surface area contributed by atoms with E-state index in [4.69, 9.17) is 16.0 Å². The Balaban J connectivity index is 1.62. The van der Waals surface area contributed by atoms with Gasteiger partial charge in [0.15, 0.2) is 0 Å². The quantitative estimate of drug-likeness (QED) is 0.932. The third kappa shape index (κ3) is 2.49. The first-order chi connectivity index (χ1) is 11.6. The van der Waals surface area contributed by atoms with Gasteiger partial charge in [-0.15, -0.1) is 0 Å². The van der Waals surface area contributed by atoms with Crippen LogP contribution in [-0.4, -0.2) is 36.1 Å². The van der Waals surface area contributed by atoms with Gasteiger partial charge in [0.2, 0.25) is 5.88 Å². The van der Waals surface area contributed by atoms with Gasteiger partial charge < -0.3 is 14.6 Å². The summed E-state index contributed by atoms with van der Waals surface area (Å²) in [5.41, 5.74) is 2.11. The Labute approximate surface area is 143 Å². The van der Waals surface area contributed by atoms with E-state index < -0.39 is 0 Å². The second kappa shape index (κ2) is 5.79. The van der Waals surface area contributed by atoms with Crippen LogP contribution in [0.5, 0.6) is 0 Å². The lowest BCUT2D eigenvalue weighted by atomic mass is 10.1. The maximum atomic E-state index is 12.7. The summed E-state index contributed by atoms with van der Waals surface area (Å²) in [7, 11) is 0. The second-order valence-corrected chi connectivity index (χ2v) is 6.11. The molecule has 7 heteroatoms. The van der Waals surface area contributed by atoms with E-state index in [1.807, 2.05) is 23.1 Å². The van der Waals surface area contributed by atoms with Crippen LogP contribution in [0.3, 0.4) is 0 Å². The van der Waals surface area contributed by atoms with Gasteiger partial charge in [-0.05, 0) is 24.6 Å².